The summed E-state index contributed by atoms with van der Waals surface area (Å²) in [4.78, 5) is 16.2. The van der Waals surface area contributed by atoms with E-state index in [1.165, 1.54) is 24.2 Å². The highest BCUT2D eigenvalue weighted by molar-refractivity contribution is 7.13. The van der Waals surface area contributed by atoms with Crippen LogP contribution in [0.1, 0.15) is 30.1 Å². The maximum absolute atomic E-state index is 11.9. The van der Waals surface area contributed by atoms with E-state index in [-0.39, 0.29) is 5.91 Å². The predicted molar refractivity (Wildman–Crippen MR) is 77.9 cm³/mol. The molecular formula is C13H15N5OS. The van der Waals surface area contributed by atoms with Crippen molar-refractivity contribution in [2.24, 2.45) is 5.92 Å². The van der Waals surface area contributed by atoms with Gasteiger partial charge in [-0.3, -0.25) is 10.1 Å². The Morgan fingerprint density at radius 1 is 1.50 bits per heavy atom. The van der Waals surface area contributed by atoms with Gasteiger partial charge in [0.15, 0.2) is 0 Å². The fourth-order valence-corrected chi connectivity index (χ4v) is 2.52. The van der Waals surface area contributed by atoms with Gasteiger partial charge in [-0.15, -0.1) is 10.2 Å². The smallest absolute Gasteiger partial charge is 0.259 e. The first-order chi connectivity index (χ1) is 9.76. The first-order valence-electron chi connectivity index (χ1n) is 6.56. The second-order valence-electron chi connectivity index (χ2n) is 4.78. The van der Waals surface area contributed by atoms with E-state index in [0.717, 1.165) is 11.7 Å². The largest absolute Gasteiger partial charge is 0.367 e. The molecule has 2 atom stereocenters. The molecule has 0 spiro atoms. The third kappa shape index (κ3) is 2.93. The van der Waals surface area contributed by atoms with E-state index < -0.39 is 0 Å². The van der Waals surface area contributed by atoms with Gasteiger partial charge >= 0.3 is 0 Å². The number of anilines is 2. The summed E-state index contributed by atoms with van der Waals surface area (Å²) in [6.07, 6.45) is 3.97. The molecule has 1 saturated carbocycles. The maximum atomic E-state index is 11.9. The Labute approximate surface area is 120 Å². The van der Waals surface area contributed by atoms with Crippen molar-refractivity contribution in [2.75, 3.05) is 10.6 Å². The molecular weight excluding hydrogens is 274 g/mol. The number of hydrogen-bond acceptors (Lipinski definition) is 6. The van der Waals surface area contributed by atoms with Gasteiger partial charge in [0.2, 0.25) is 5.13 Å². The lowest BCUT2D eigenvalue weighted by molar-refractivity contribution is 0.102. The van der Waals surface area contributed by atoms with Gasteiger partial charge in [0.05, 0.1) is 5.56 Å². The average Bonchev–Trinajstić information content (AvgIpc) is 3.01. The quantitative estimate of drug-likeness (QED) is 0.883. The molecule has 1 fully saturated rings. The second-order valence-corrected chi connectivity index (χ2v) is 5.62. The first-order valence-corrected chi connectivity index (χ1v) is 7.44. The lowest BCUT2D eigenvalue weighted by Gasteiger charge is -2.05. The van der Waals surface area contributed by atoms with E-state index in [0.29, 0.717) is 16.7 Å². The van der Waals surface area contributed by atoms with Crippen molar-refractivity contribution in [3.8, 4) is 0 Å². The zero-order chi connectivity index (χ0) is 13.9. The molecule has 2 unspecified atom stereocenters. The molecule has 6 nitrogen and oxygen atoms in total. The molecule has 7 heteroatoms. The van der Waals surface area contributed by atoms with Gasteiger partial charge in [0.25, 0.3) is 5.91 Å². The Hall–Kier alpha value is -2.02. The van der Waals surface area contributed by atoms with Crippen molar-refractivity contribution >= 4 is 28.2 Å². The maximum Gasteiger partial charge on any atom is 0.259 e. The Morgan fingerprint density at radius 2 is 2.40 bits per heavy atom. The monoisotopic (exact) mass is 289 g/mol. The molecule has 0 aliphatic heterocycles. The molecule has 0 radical (unpaired) electrons. The van der Waals surface area contributed by atoms with Gasteiger partial charge < -0.3 is 5.32 Å². The van der Waals surface area contributed by atoms with Crippen molar-refractivity contribution in [3.63, 3.8) is 0 Å². The first kappa shape index (κ1) is 13.0. The van der Waals surface area contributed by atoms with Crippen LogP contribution >= 0.6 is 11.3 Å². The number of carbonyl (C=O) groups is 1. The number of rotatable bonds is 5. The van der Waals surface area contributed by atoms with Gasteiger partial charge in [-0.25, -0.2) is 4.98 Å². The summed E-state index contributed by atoms with van der Waals surface area (Å²) >= 11 is 1.28. The average molecular weight is 289 g/mol. The topological polar surface area (TPSA) is 79.8 Å². The summed E-state index contributed by atoms with van der Waals surface area (Å²) in [6, 6.07) is 4.13. The van der Waals surface area contributed by atoms with Crippen LogP contribution in [0.2, 0.25) is 0 Å². The van der Waals surface area contributed by atoms with Gasteiger partial charge in [-0.2, -0.15) is 0 Å². The van der Waals surface area contributed by atoms with Crippen LogP contribution in [0.5, 0.6) is 0 Å². The van der Waals surface area contributed by atoms with E-state index in [9.17, 15) is 4.79 Å². The minimum absolute atomic E-state index is 0.223. The number of hydrogen-bond donors (Lipinski definition) is 2. The normalized spacial score (nSPS) is 20.4. The van der Waals surface area contributed by atoms with Crippen LogP contribution < -0.4 is 10.6 Å². The standard InChI is InChI=1S/C13H15N5OS/c1-2-8-5-10(8)16-11-4-3-9(6-14-11)12(19)17-13-18-15-7-20-13/h3-4,6-8,10H,2,5H2,1H3,(H,14,16)(H,17,18,19). The highest BCUT2D eigenvalue weighted by Gasteiger charge is 2.35. The molecule has 2 N–H and O–H groups in total. The van der Waals surface area contributed by atoms with Gasteiger partial charge in [0, 0.05) is 12.2 Å². The molecule has 0 aromatic carbocycles. The van der Waals surface area contributed by atoms with Crippen LogP contribution in [0.3, 0.4) is 0 Å². The van der Waals surface area contributed by atoms with Crippen LogP contribution in [0, 0.1) is 5.92 Å². The summed E-state index contributed by atoms with van der Waals surface area (Å²) in [5.74, 6) is 1.36. The van der Waals surface area contributed by atoms with Crippen LogP contribution in [0.15, 0.2) is 23.8 Å². The Morgan fingerprint density at radius 3 is 3.00 bits per heavy atom. The van der Waals surface area contributed by atoms with Crippen LogP contribution in [0.25, 0.3) is 0 Å². The Kier molecular flexibility index (Phi) is 3.60. The van der Waals surface area contributed by atoms with Crippen LogP contribution in [-0.4, -0.2) is 27.1 Å². The minimum Gasteiger partial charge on any atom is -0.367 e. The Bertz CT molecular complexity index is 583. The van der Waals surface area contributed by atoms with E-state index in [1.54, 1.807) is 17.8 Å². The predicted octanol–water partition coefficient (Wildman–Crippen LogP) is 2.40. The van der Waals surface area contributed by atoms with Crippen molar-refractivity contribution < 1.29 is 4.79 Å². The lowest BCUT2D eigenvalue weighted by Crippen LogP contribution is -2.13. The summed E-state index contributed by atoms with van der Waals surface area (Å²) in [6.45, 7) is 2.20. The van der Waals surface area contributed by atoms with Crippen molar-refractivity contribution in [1.29, 1.82) is 0 Å². The summed E-state index contributed by atoms with van der Waals surface area (Å²) in [7, 11) is 0. The molecule has 2 aromatic heterocycles. The summed E-state index contributed by atoms with van der Waals surface area (Å²) < 4.78 is 0. The lowest BCUT2D eigenvalue weighted by atomic mass is 10.2. The van der Waals surface area contributed by atoms with Crippen molar-refractivity contribution in [2.45, 2.75) is 25.8 Å². The zero-order valence-electron chi connectivity index (χ0n) is 11.0. The van der Waals surface area contributed by atoms with E-state index in [4.69, 9.17) is 0 Å². The van der Waals surface area contributed by atoms with E-state index in [1.807, 2.05) is 6.07 Å². The highest BCUT2D eigenvalue weighted by atomic mass is 32.1. The number of pyridine rings is 1. The number of carbonyl (C=O) groups excluding carboxylic acids is 1. The van der Waals surface area contributed by atoms with Crippen molar-refractivity contribution in [1.82, 2.24) is 15.2 Å². The van der Waals surface area contributed by atoms with E-state index >= 15 is 0 Å². The highest BCUT2D eigenvalue weighted by Crippen LogP contribution is 2.35. The molecule has 20 heavy (non-hydrogen) atoms. The molecule has 3 rings (SSSR count). The number of amides is 1. The minimum atomic E-state index is -0.223. The number of aromatic nitrogens is 3. The molecule has 2 aromatic rings. The second kappa shape index (κ2) is 5.54. The van der Waals surface area contributed by atoms with Gasteiger partial charge in [-0.05, 0) is 24.5 Å². The molecule has 1 amide bonds. The Balaban J connectivity index is 1.59. The molecule has 104 valence electrons. The van der Waals surface area contributed by atoms with Gasteiger partial charge in [-0.1, -0.05) is 24.7 Å². The molecule has 0 bridgehead atoms. The third-order valence-corrected chi connectivity index (χ3v) is 3.99. The van der Waals surface area contributed by atoms with Gasteiger partial charge in [0.1, 0.15) is 11.3 Å². The van der Waals surface area contributed by atoms with E-state index in [2.05, 4.69) is 32.7 Å². The zero-order valence-corrected chi connectivity index (χ0v) is 11.9. The molecule has 1 aliphatic rings. The van der Waals surface area contributed by atoms with Crippen LogP contribution in [0.4, 0.5) is 10.9 Å². The molecule has 0 saturated heterocycles. The summed E-state index contributed by atoms with van der Waals surface area (Å²) in [5, 5.41) is 14.0. The number of nitrogens with zero attached hydrogens (tertiary/aromatic N) is 3. The number of nitrogens with one attached hydrogen (secondary N) is 2. The third-order valence-electron chi connectivity index (χ3n) is 3.39. The fraction of sp³-hybridized carbons (Fsp3) is 0.385. The van der Waals surface area contributed by atoms with Crippen molar-refractivity contribution in [3.05, 3.63) is 29.4 Å². The molecule has 2 heterocycles. The fourth-order valence-electron chi connectivity index (χ4n) is 2.08. The summed E-state index contributed by atoms with van der Waals surface area (Å²) in [5.41, 5.74) is 2.08. The molecule has 1 aliphatic carbocycles. The SMILES string of the molecule is CCC1CC1Nc1ccc(C(=O)Nc2nncs2)cn1. The van der Waals surface area contributed by atoms with Crippen LogP contribution in [-0.2, 0) is 0 Å².